The Hall–Kier alpha value is -2.99. The van der Waals surface area contributed by atoms with Gasteiger partial charge in [-0.2, -0.15) is 0 Å². The number of carbonyl (C=O) groups is 2. The van der Waals surface area contributed by atoms with Gasteiger partial charge in [0.05, 0.1) is 18.7 Å². The van der Waals surface area contributed by atoms with Crippen LogP contribution >= 0.6 is 0 Å². The summed E-state index contributed by atoms with van der Waals surface area (Å²) in [6.07, 6.45) is 5.71. The number of aliphatic hydroxyl groups excluding tert-OH is 1. The molecule has 0 aromatic heterocycles. The second-order valence-corrected chi connectivity index (χ2v) is 8.58. The molecule has 0 spiro atoms. The summed E-state index contributed by atoms with van der Waals surface area (Å²) in [5.41, 5.74) is 3.90. The Morgan fingerprint density at radius 3 is 2.65 bits per heavy atom. The maximum Gasteiger partial charge on any atom is 0.254 e. The number of rotatable bonds is 4. The zero-order valence-electron chi connectivity index (χ0n) is 17.2. The highest BCUT2D eigenvalue weighted by Crippen LogP contribution is 2.43. The molecule has 1 N–H and O–H groups in total. The van der Waals surface area contributed by atoms with Gasteiger partial charge in [0, 0.05) is 18.0 Å². The van der Waals surface area contributed by atoms with Crippen molar-refractivity contribution in [3.05, 3.63) is 77.1 Å². The van der Waals surface area contributed by atoms with Gasteiger partial charge >= 0.3 is 0 Å². The van der Waals surface area contributed by atoms with E-state index in [1.54, 1.807) is 11.0 Å². The summed E-state index contributed by atoms with van der Waals surface area (Å²) in [6.45, 7) is 0.203. The van der Waals surface area contributed by atoms with E-state index in [9.17, 15) is 19.1 Å². The number of piperazine rings is 1. The first-order valence-electron chi connectivity index (χ1n) is 10.8. The van der Waals surface area contributed by atoms with Crippen LogP contribution in [0.5, 0.6) is 0 Å². The first-order valence-corrected chi connectivity index (χ1v) is 10.8. The molecule has 0 radical (unpaired) electrons. The van der Waals surface area contributed by atoms with Crippen molar-refractivity contribution < 1.29 is 19.1 Å². The molecule has 2 aromatic carbocycles. The maximum atomic E-state index is 13.6. The monoisotopic (exact) mass is 420 g/mol. The van der Waals surface area contributed by atoms with Gasteiger partial charge in [0.1, 0.15) is 12.4 Å². The number of allylic oxidation sites excluding steroid dienone is 2. The lowest BCUT2D eigenvalue weighted by Gasteiger charge is -2.58. The molecule has 0 bridgehead atoms. The number of halogens is 1. The topological polar surface area (TPSA) is 60.9 Å². The van der Waals surface area contributed by atoms with Gasteiger partial charge in [-0.1, -0.05) is 36.4 Å². The standard InChI is InChI=1S/C25H25FN2O3/c26-20-7-3-6-19(12-20)25(31)27-13-21-24(22(15-29)28(21)23(30)14-27)18-10-8-17(9-11-18)16-4-1-2-5-16/h3-4,6-12,21-22,24,29H,1-2,5,13-15H2/t21-,22+,24-/m1/s1. The number of hydrogen-bond donors (Lipinski definition) is 1. The molecule has 3 atom stereocenters. The van der Waals surface area contributed by atoms with Crippen LogP contribution in [0.15, 0.2) is 54.6 Å². The van der Waals surface area contributed by atoms with Gasteiger partial charge in [0.15, 0.2) is 0 Å². The Balaban J connectivity index is 1.38. The number of nitrogens with zero attached hydrogens (tertiary/aromatic N) is 2. The van der Waals surface area contributed by atoms with Gasteiger partial charge in [0.2, 0.25) is 5.91 Å². The molecule has 6 heteroatoms. The Morgan fingerprint density at radius 2 is 1.97 bits per heavy atom. The predicted octanol–water partition coefficient (Wildman–Crippen LogP) is 3.20. The number of fused-ring (bicyclic) bond motifs is 1. The van der Waals surface area contributed by atoms with E-state index < -0.39 is 5.82 Å². The SMILES string of the molecule is O=C(c1cccc(F)c1)N1CC(=O)N2[C@H](C1)[C@@H](c1ccc(C3=CCCC3)cc1)[C@@H]2CO. The maximum absolute atomic E-state index is 13.6. The highest BCUT2D eigenvalue weighted by molar-refractivity contribution is 5.97. The van der Waals surface area contributed by atoms with Crippen molar-refractivity contribution in [1.29, 1.82) is 0 Å². The van der Waals surface area contributed by atoms with Crippen molar-refractivity contribution >= 4 is 17.4 Å². The van der Waals surface area contributed by atoms with Crippen LogP contribution in [-0.4, -0.2) is 58.5 Å². The summed E-state index contributed by atoms with van der Waals surface area (Å²) in [6, 6.07) is 13.5. The van der Waals surface area contributed by atoms with E-state index in [0.717, 1.165) is 18.4 Å². The zero-order valence-corrected chi connectivity index (χ0v) is 17.2. The van der Waals surface area contributed by atoms with Gasteiger partial charge in [-0.05, 0) is 54.2 Å². The lowest BCUT2D eigenvalue weighted by atomic mass is 9.73. The molecule has 0 unspecified atom stereocenters. The first kappa shape index (κ1) is 19.9. The fourth-order valence-electron chi connectivity index (χ4n) is 5.31. The lowest BCUT2D eigenvalue weighted by molar-refractivity contribution is -0.159. The molecule has 5 nitrogen and oxygen atoms in total. The third kappa shape index (κ3) is 3.45. The van der Waals surface area contributed by atoms with E-state index in [1.807, 2.05) is 0 Å². The zero-order chi connectivity index (χ0) is 21.5. The number of amides is 2. The summed E-state index contributed by atoms with van der Waals surface area (Å²) in [5.74, 6) is -1.04. The molecule has 5 rings (SSSR count). The molecule has 2 saturated heterocycles. The minimum absolute atomic E-state index is 0.0383. The van der Waals surface area contributed by atoms with Gasteiger partial charge < -0.3 is 14.9 Å². The van der Waals surface area contributed by atoms with Crippen molar-refractivity contribution in [2.45, 2.75) is 37.3 Å². The minimum Gasteiger partial charge on any atom is -0.394 e. The third-order valence-corrected chi connectivity index (χ3v) is 6.82. The van der Waals surface area contributed by atoms with E-state index in [1.165, 1.54) is 40.7 Å². The molecular weight excluding hydrogens is 395 g/mol. The highest BCUT2D eigenvalue weighted by atomic mass is 19.1. The number of carbonyl (C=O) groups excluding carboxylic acids is 2. The summed E-state index contributed by atoms with van der Waals surface area (Å²) < 4.78 is 13.6. The minimum atomic E-state index is -0.477. The molecule has 2 aliphatic heterocycles. The van der Waals surface area contributed by atoms with Gasteiger partial charge in [0.25, 0.3) is 5.91 Å². The average Bonchev–Trinajstić information content (AvgIpc) is 3.30. The van der Waals surface area contributed by atoms with Crippen molar-refractivity contribution in [2.24, 2.45) is 0 Å². The Bertz CT molecular complexity index is 1050. The Labute approximate surface area is 180 Å². The summed E-state index contributed by atoms with van der Waals surface area (Å²) in [4.78, 5) is 28.9. The number of benzene rings is 2. The van der Waals surface area contributed by atoms with E-state index in [4.69, 9.17) is 0 Å². The molecule has 2 aromatic rings. The van der Waals surface area contributed by atoms with Gasteiger partial charge in [-0.25, -0.2) is 4.39 Å². The van der Waals surface area contributed by atoms with Crippen LogP contribution in [0.1, 0.15) is 46.7 Å². The number of aliphatic hydroxyl groups is 1. The van der Waals surface area contributed by atoms with Crippen LogP contribution in [0, 0.1) is 5.82 Å². The molecule has 0 saturated carbocycles. The van der Waals surface area contributed by atoms with Crippen molar-refractivity contribution in [3.63, 3.8) is 0 Å². The van der Waals surface area contributed by atoms with E-state index >= 15 is 0 Å². The largest absolute Gasteiger partial charge is 0.394 e. The second-order valence-electron chi connectivity index (χ2n) is 8.58. The van der Waals surface area contributed by atoms with Crippen LogP contribution in [0.3, 0.4) is 0 Å². The molecular formula is C25H25FN2O3. The molecule has 160 valence electrons. The average molecular weight is 420 g/mol. The van der Waals surface area contributed by atoms with Crippen LogP contribution in [0.25, 0.3) is 5.57 Å². The molecule has 2 fully saturated rings. The van der Waals surface area contributed by atoms with Crippen LogP contribution in [0.2, 0.25) is 0 Å². The van der Waals surface area contributed by atoms with Crippen LogP contribution < -0.4 is 0 Å². The van der Waals surface area contributed by atoms with Gasteiger partial charge in [-0.15, -0.1) is 0 Å². The van der Waals surface area contributed by atoms with Crippen molar-refractivity contribution in [2.75, 3.05) is 19.7 Å². The quantitative estimate of drug-likeness (QED) is 0.826. The predicted molar refractivity (Wildman–Crippen MR) is 115 cm³/mol. The Kier molecular flexibility index (Phi) is 5.10. The normalized spacial score (nSPS) is 25.2. The van der Waals surface area contributed by atoms with Crippen molar-refractivity contribution in [1.82, 2.24) is 9.80 Å². The molecule has 2 heterocycles. The molecule has 31 heavy (non-hydrogen) atoms. The summed E-state index contributed by atoms with van der Waals surface area (Å²) >= 11 is 0. The smallest absolute Gasteiger partial charge is 0.254 e. The molecule has 2 amide bonds. The first-order chi connectivity index (χ1) is 15.1. The second kappa shape index (κ2) is 7.93. The highest BCUT2D eigenvalue weighted by Gasteiger charge is 2.54. The Morgan fingerprint density at radius 1 is 1.16 bits per heavy atom. The van der Waals surface area contributed by atoms with Crippen LogP contribution in [-0.2, 0) is 4.79 Å². The summed E-state index contributed by atoms with van der Waals surface area (Å²) in [5, 5.41) is 9.96. The van der Waals surface area contributed by atoms with E-state index in [2.05, 4.69) is 30.3 Å². The van der Waals surface area contributed by atoms with E-state index in [-0.39, 0.29) is 48.5 Å². The third-order valence-electron chi connectivity index (χ3n) is 6.82. The summed E-state index contributed by atoms with van der Waals surface area (Å²) in [7, 11) is 0. The van der Waals surface area contributed by atoms with Crippen molar-refractivity contribution in [3.8, 4) is 0 Å². The van der Waals surface area contributed by atoms with Crippen LogP contribution in [0.4, 0.5) is 4.39 Å². The fraction of sp³-hybridized carbons (Fsp3) is 0.360. The molecule has 3 aliphatic rings. The van der Waals surface area contributed by atoms with Gasteiger partial charge in [-0.3, -0.25) is 9.59 Å². The molecule has 1 aliphatic carbocycles. The van der Waals surface area contributed by atoms with E-state index in [0.29, 0.717) is 6.54 Å². The number of hydrogen-bond acceptors (Lipinski definition) is 3. The lowest BCUT2D eigenvalue weighted by Crippen LogP contribution is -2.73. The fourth-order valence-corrected chi connectivity index (χ4v) is 5.31.